The van der Waals surface area contributed by atoms with E-state index in [1.807, 2.05) is 32.2 Å². The van der Waals surface area contributed by atoms with E-state index < -0.39 is 16.0 Å². The van der Waals surface area contributed by atoms with E-state index in [-0.39, 0.29) is 18.0 Å². The van der Waals surface area contributed by atoms with E-state index in [2.05, 4.69) is 0 Å². The first-order valence-corrected chi connectivity index (χ1v) is 10.9. The molecule has 2 rings (SSSR count). The molecule has 26 heavy (non-hydrogen) atoms. The highest BCUT2D eigenvalue weighted by molar-refractivity contribution is 7.98. The summed E-state index contributed by atoms with van der Waals surface area (Å²) >= 11 is 1.53. The van der Waals surface area contributed by atoms with Crippen molar-refractivity contribution in [1.29, 1.82) is 0 Å². The first kappa shape index (κ1) is 20.3. The number of benzene rings is 2. The molecule has 0 radical (unpaired) electrons. The second-order valence-corrected chi connectivity index (χ2v) is 8.52. The van der Waals surface area contributed by atoms with Gasteiger partial charge in [0.05, 0.1) is 17.2 Å². The molecule has 0 bridgehead atoms. The number of ether oxygens (including phenoxy) is 1. The molecule has 0 atom stereocenters. The Balaban J connectivity index is 2.54. The molecule has 0 N–H and O–H groups in total. The van der Waals surface area contributed by atoms with Crippen LogP contribution in [0.15, 0.2) is 52.3 Å². The van der Waals surface area contributed by atoms with Gasteiger partial charge < -0.3 is 4.74 Å². The number of aryl methyl sites for hydroxylation is 2. The number of carbonyl (C=O) groups excluding carboxylic acids is 1. The average Bonchev–Trinajstić information content (AvgIpc) is 2.62. The summed E-state index contributed by atoms with van der Waals surface area (Å²) in [6.45, 7) is 5.22. The number of nitrogens with zero attached hydrogens (tertiary/aromatic N) is 1. The van der Waals surface area contributed by atoms with Gasteiger partial charge >= 0.3 is 5.97 Å². The molecular formula is C19H23NO4S2. The van der Waals surface area contributed by atoms with Crippen molar-refractivity contribution in [2.75, 3.05) is 23.7 Å². The van der Waals surface area contributed by atoms with E-state index in [0.29, 0.717) is 5.69 Å². The topological polar surface area (TPSA) is 63.7 Å². The summed E-state index contributed by atoms with van der Waals surface area (Å²) in [4.78, 5) is 13.2. The van der Waals surface area contributed by atoms with Crippen molar-refractivity contribution in [2.45, 2.75) is 30.6 Å². The van der Waals surface area contributed by atoms with Gasteiger partial charge in [-0.05, 0) is 68.5 Å². The van der Waals surface area contributed by atoms with Crippen LogP contribution in [0.2, 0.25) is 0 Å². The van der Waals surface area contributed by atoms with Crippen LogP contribution in [0.4, 0.5) is 5.69 Å². The third-order valence-electron chi connectivity index (χ3n) is 3.86. The third kappa shape index (κ3) is 4.59. The summed E-state index contributed by atoms with van der Waals surface area (Å²) in [5.74, 6) is -0.585. The van der Waals surface area contributed by atoms with Crippen LogP contribution in [-0.4, -0.2) is 33.8 Å². The van der Waals surface area contributed by atoms with Gasteiger partial charge in [-0.2, -0.15) is 0 Å². The molecule has 0 amide bonds. The zero-order chi connectivity index (χ0) is 19.3. The van der Waals surface area contributed by atoms with Crippen molar-refractivity contribution in [3.63, 3.8) is 0 Å². The second kappa shape index (κ2) is 8.60. The minimum Gasteiger partial charge on any atom is -0.465 e. The SMILES string of the molecule is CCOC(=O)CN(c1cc(C)ccc1C)S(=O)(=O)c1ccc(SC)cc1. The molecule has 0 aromatic heterocycles. The Bertz CT molecular complexity index is 877. The first-order valence-electron chi connectivity index (χ1n) is 8.19. The molecule has 0 aliphatic rings. The fourth-order valence-electron chi connectivity index (χ4n) is 2.49. The van der Waals surface area contributed by atoms with E-state index in [9.17, 15) is 13.2 Å². The van der Waals surface area contributed by atoms with Gasteiger partial charge in [0.2, 0.25) is 0 Å². The predicted octanol–water partition coefficient (Wildman–Crippen LogP) is 3.78. The Morgan fingerprint density at radius 1 is 1.12 bits per heavy atom. The minimum atomic E-state index is -3.91. The average molecular weight is 394 g/mol. The number of carbonyl (C=O) groups is 1. The van der Waals surface area contributed by atoms with Gasteiger partial charge in [0.25, 0.3) is 10.0 Å². The molecule has 0 heterocycles. The molecule has 0 aliphatic carbocycles. The van der Waals surface area contributed by atoms with Crippen LogP contribution in [0.5, 0.6) is 0 Å². The molecule has 5 nitrogen and oxygen atoms in total. The normalized spacial score (nSPS) is 11.2. The summed E-state index contributed by atoms with van der Waals surface area (Å²) in [7, 11) is -3.91. The number of anilines is 1. The number of hydrogen-bond donors (Lipinski definition) is 0. The monoisotopic (exact) mass is 393 g/mol. The van der Waals surface area contributed by atoms with Crippen molar-refractivity contribution in [2.24, 2.45) is 0 Å². The van der Waals surface area contributed by atoms with Crippen LogP contribution in [0.3, 0.4) is 0 Å². The molecule has 0 saturated heterocycles. The van der Waals surface area contributed by atoms with Crippen LogP contribution >= 0.6 is 11.8 Å². The minimum absolute atomic E-state index is 0.139. The maximum Gasteiger partial charge on any atom is 0.326 e. The third-order valence-corrected chi connectivity index (χ3v) is 6.38. The lowest BCUT2D eigenvalue weighted by atomic mass is 10.1. The Kier molecular flexibility index (Phi) is 6.72. The number of rotatable bonds is 7. The van der Waals surface area contributed by atoms with Gasteiger partial charge in [0.1, 0.15) is 6.54 Å². The molecule has 2 aromatic carbocycles. The summed E-state index contributed by atoms with van der Waals surface area (Å²) in [5.41, 5.74) is 2.16. The number of esters is 1. The van der Waals surface area contributed by atoms with Gasteiger partial charge in [-0.3, -0.25) is 9.10 Å². The predicted molar refractivity (Wildman–Crippen MR) is 105 cm³/mol. The molecule has 0 spiro atoms. The van der Waals surface area contributed by atoms with Gasteiger partial charge in [-0.1, -0.05) is 12.1 Å². The number of hydrogen-bond acceptors (Lipinski definition) is 5. The maximum atomic E-state index is 13.2. The van der Waals surface area contributed by atoms with Crippen molar-refractivity contribution in [3.05, 3.63) is 53.6 Å². The number of thioether (sulfide) groups is 1. The smallest absolute Gasteiger partial charge is 0.326 e. The lowest BCUT2D eigenvalue weighted by molar-refractivity contribution is -0.141. The zero-order valence-corrected chi connectivity index (χ0v) is 17.0. The van der Waals surface area contributed by atoms with E-state index in [4.69, 9.17) is 4.74 Å². The van der Waals surface area contributed by atoms with Crippen LogP contribution in [0.25, 0.3) is 0 Å². The van der Waals surface area contributed by atoms with Crippen LogP contribution in [0, 0.1) is 13.8 Å². The summed E-state index contributed by atoms with van der Waals surface area (Å²) in [5, 5.41) is 0. The first-order chi connectivity index (χ1) is 12.3. The largest absolute Gasteiger partial charge is 0.465 e. The highest BCUT2D eigenvalue weighted by atomic mass is 32.2. The Morgan fingerprint density at radius 3 is 2.35 bits per heavy atom. The zero-order valence-electron chi connectivity index (χ0n) is 15.4. The highest BCUT2D eigenvalue weighted by Crippen LogP contribution is 2.28. The van der Waals surface area contributed by atoms with E-state index in [1.54, 1.807) is 37.3 Å². The Hall–Kier alpha value is -1.99. The van der Waals surface area contributed by atoms with Crippen LogP contribution in [0.1, 0.15) is 18.1 Å². The maximum absolute atomic E-state index is 13.2. The van der Waals surface area contributed by atoms with E-state index in [0.717, 1.165) is 20.3 Å². The highest BCUT2D eigenvalue weighted by Gasteiger charge is 2.28. The Morgan fingerprint density at radius 2 is 1.77 bits per heavy atom. The van der Waals surface area contributed by atoms with Gasteiger partial charge in [-0.25, -0.2) is 8.42 Å². The lowest BCUT2D eigenvalue weighted by Crippen LogP contribution is -2.37. The van der Waals surface area contributed by atoms with Crippen molar-refractivity contribution >= 4 is 33.4 Å². The summed E-state index contributed by atoms with van der Waals surface area (Å²) in [6.07, 6.45) is 1.92. The van der Waals surface area contributed by atoms with Gasteiger partial charge in [0.15, 0.2) is 0 Å². The molecule has 0 unspecified atom stereocenters. The second-order valence-electron chi connectivity index (χ2n) is 5.78. The van der Waals surface area contributed by atoms with Gasteiger partial charge in [-0.15, -0.1) is 11.8 Å². The standard InChI is InChI=1S/C19H23NO4S2/c1-5-24-19(21)13-20(18-12-14(2)6-7-15(18)3)26(22,23)17-10-8-16(25-4)9-11-17/h6-12H,5,13H2,1-4H3. The molecule has 140 valence electrons. The van der Waals surface area contributed by atoms with Crippen molar-refractivity contribution in [1.82, 2.24) is 0 Å². The van der Waals surface area contributed by atoms with Crippen LogP contribution in [-0.2, 0) is 19.6 Å². The molecule has 0 aliphatic heterocycles. The molecule has 0 fully saturated rings. The lowest BCUT2D eigenvalue weighted by Gasteiger charge is -2.25. The van der Waals surface area contributed by atoms with Gasteiger partial charge in [0, 0.05) is 4.90 Å². The van der Waals surface area contributed by atoms with Crippen molar-refractivity contribution < 1.29 is 17.9 Å². The summed E-state index contributed by atoms with van der Waals surface area (Å²) in [6, 6.07) is 12.1. The molecule has 7 heteroatoms. The fourth-order valence-corrected chi connectivity index (χ4v) is 4.36. The van der Waals surface area contributed by atoms with Crippen LogP contribution < -0.4 is 4.31 Å². The molecular weight excluding hydrogens is 370 g/mol. The number of sulfonamides is 1. The molecule has 2 aromatic rings. The quantitative estimate of drug-likeness (QED) is 0.529. The van der Waals surface area contributed by atoms with Crippen molar-refractivity contribution in [3.8, 4) is 0 Å². The van der Waals surface area contributed by atoms with E-state index >= 15 is 0 Å². The molecule has 0 saturated carbocycles. The Labute approximate surface area is 159 Å². The van der Waals surface area contributed by atoms with E-state index in [1.165, 1.54) is 11.8 Å². The fraction of sp³-hybridized carbons (Fsp3) is 0.316. The summed E-state index contributed by atoms with van der Waals surface area (Å²) < 4.78 is 32.6.